The van der Waals surface area contributed by atoms with E-state index in [4.69, 9.17) is 4.52 Å². The van der Waals surface area contributed by atoms with Crippen molar-refractivity contribution in [3.05, 3.63) is 102 Å². The van der Waals surface area contributed by atoms with E-state index in [-0.39, 0.29) is 18.2 Å². The van der Waals surface area contributed by atoms with Gasteiger partial charge in [-0.25, -0.2) is 9.67 Å². The minimum Gasteiger partial charge on any atom is -0.356 e. The Morgan fingerprint density at radius 2 is 1.79 bits per heavy atom. The van der Waals surface area contributed by atoms with Gasteiger partial charge >= 0.3 is 0 Å². The number of para-hydroxylation sites is 1. The summed E-state index contributed by atoms with van der Waals surface area (Å²) in [6.07, 6.45) is 7.03. The highest BCUT2D eigenvalue weighted by atomic mass is 16.5. The first-order chi connectivity index (χ1) is 18.6. The summed E-state index contributed by atoms with van der Waals surface area (Å²) >= 11 is 0. The van der Waals surface area contributed by atoms with Crippen molar-refractivity contribution in [2.45, 2.75) is 25.2 Å². The molecule has 1 N–H and O–H groups in total. The topological polar surface area (TPSA) is 106 Å². The number of anilines is 1. The minimum atomic E-state index is -0.143. The van der Waals surface area contributed by atoms with Crippen LogP contribution in [-0.2, 0) is 11.2 Å². The Labute approximate surface area is 219 Å². The van der Waals surface area contributed by atoms with Crippen molar-refractivity contribution in [3.63, 3.8) is 0 Å². The molecule has 1 saturated heterocycles. The Kier molecular flexibility index (Phi) is 6.39. The predicted octanol–water partition coefficient (Wildman–Crippen LogP) is 4.61. The number of likely N-dealkylation sites (tertiary alicyclic amines) is 1. The number of fused-ring (bicyclic) bond motifs is 1. The zero-order valence-electron chi connectivity index (χ0n) is 20.7. The van der Waals surface area contributed by atoms with Crippen LogP contribution in [-0.4, -0.2) is 49.7 Å². The maximum atomic E-state index is 13.0. The number of benzene rings is 2. The highest BCUT2D eigenvalue weighted by molar-refractivity contribution is 5.95. The largest absolute Gasteiger partial charge is 0.356 e. The van der Waals surface area contributed by atoms with E-state index in [1.807, 2.05) is 53.6 Å². The number of nitrogens with one attached hydrogen (secondary N) is 1. The van der Waals surface area contributed by atoms with Gasteiger partial charge in [-0.05, 0) is 66.8 Å². The predicted molar refractivity (Wildman–Crippen MR) is 142 cm³/mol. The number of carbonyl (C=O) groups is 2. The van der Waals surface area contributed by atoms with Crippen molar-refractivity contribution >= 4 is 28.5 Å². The number of amides is 2. The number of rotatable bonds is 6. The molecule has 5 aromatic rings. The molecule has 0 aliphatic carbocycles. The summed E-state index contributed by atoms with van der Waals surface area (Å²) in [5, 5.41) is 12.0. The average Bonchev–Trinajstić information content (AvgIpc) is 3.64. The molecule has 2 amide bonds. The van der Waals surface area contributed by atoms with Crippen molar-refractivity contribution < 1.29 is 14.1 Å². The van der Waals surface area contributed by atoms with Gasteiger partial charge in [-0.1, -0.05) is 29.4 Å². The second-order valence-corrected chi connectivity index (χ2v) is 9.39. The fourth-order valence-electron chi connectivity index (χ4n) is 4.91. The van der Waals surface area contributed by atoms with Gasteiger partial charge in [-0.3, -0.25) is 9.59 Å². The van der Waals surface area contributed by atoms with E-state index in [1.54, 1.807) is 29.2 Å². The van der Waals surface area contributed by atoms with E-state index in [9.17, 15) is 9.59 Å². The van der Waals surface area contributed by atoms with Crippen LogP contribution < -0.4 is 5.32 Å². The molecule has 1 fully saturated rings. The van der Waals surface area contributed by atoms with Crippen molar-refractivity contribution in [2.75, 3.05) is 18.4 Å². The molecule has 0 spiro atoms. The Balaban J connectivity index is 1.02. The summed E-state index contributed by atoms with van der Waals surface area (Å²) in [6, 6.07) is 20.9. The first kappa shape index (κ1) is 23.6. The number of nitrogens with zero attached hydrogens (tertiary/aromatic N) is 5. The van der Waals surface area contributed by atoms with Gasteiger partial charge in [-0.15, -0.1) is 0 Å². The number of carbonyl (C=O) groups excluding carboxylic acids is 2. The molecule has 0 saturated carbocycles. The molecule has 1 aliphatic rings. The van der Waals surface area contributed by atoms with Gasteiger partial charge in [0.1, 0.15) is 5.69 Å². The fourth-order valence-corrected chi connectivity index (χ4v) is 4.91. The normalized spacial score (nSPS) is 14.1. The molecule has 190 valence electrons. The molecule has 0 atom stereocenters. The standard InChI is InChI=1S/C29H26N6O3/c36-28(18-25-24-4-1-2-5-26(24)38-33-25)32-23-9-6-20(7-10-23)21-12-16-34(17-13-21)29(37)22-8-11-27(30-19-22)35-15-3-14-31-35/h1-11,14-15,19,21H,12-13,16-18H2,(H,32,36). The van der Waals surface area contributed by atoms with Gasteiger partial charge in [-0.2, -0.15) is 5.10 Å². The maximum Gasteiger partial charge on any atom is 0.255 e. The van der Waals surface area contributed by atoms with E-state index < -0.39 is 0 Å². The van der Waals surface area contributed by atoms with E-state index in [2.05, 4.69) is 32.7 Å². The zero-order chi connectivity index (χ0) is 25.9. The minimum absolute atomic E-state index is 0.000848. The van der Waals surface area contributed by atoms with Crippen molar-refractivity contribution in [2.24, 2.45) is 0 Å². The lowest BCUT2D eigenvalue weighted by Gasteiger charge is -2.32. The van der Waals surface area contributed by atoms with Crippen LogP contribution in [0.3, 0.4) is 0 Å². The van der Waals surface area contributed by atoms with Gasteiger partial charge in [0, 0.05) is 42.8 Å². The molecule has 0 unspecified atom stereocenters. The second kappa shape index (κ2) is 10.3. The summed E-state index contributed by atoms with van der Waals surface area (Å²) in [7, 11) is 0. The molecule has 9 heteroatoms. The smallest absolute Gasteiger partial charge is 0.255 e. The number of hydrogen-bond acceptors (Lipinski definition) is 6. The molecular weight excluding hydrogens is 480 g/mol. The number of hydrogen-bond donors (Lipinski definition) is 1. The highest BCUT2D eigenvalue weighted by Gasteiger charge is 2.25. The van der Waals surface area contributed by atoms with Gasteiger partial charge < -0.3 is 14.7 Å². The summed E-state index contributed by atoms with van der Waals surface area (Å²) < 4.78 is 6.95. The molecule has 0 bridgehead atoms. The van der Waals surface area contributed by atoms with Gasteiger partial charge in [0.2, 0.25) is 5.91 Å². The van der Waals surface area contributed by atoms with Crippen LogP contribution in [0.5, 0.6) is 0 Å². The lowest BCUT2D eigenvalue weighted by Crippen LogP contribution is -2.38. The third-order valence-electron chi connectivity index (χ3n) is 6.96. The molecular formula is C29H26N6O3. The van der Waals surface area contributed by atoms with Gasteiger partial charge in [0.15, 0.2) is 11.4 Å². The summed E-state index contributed by atoms with van der Waals surface area (Å²) in [5.74, 6) is 0.902. The first-order valence-electron chi connectivity index (χ1n) is 12.6. The zero-order valence-corrected chi connectivity index (χ0v) is 20.7. The number of aromatic nitrogens is 4. The summed E-state index contributed by atoms with van der Waals surface area (Å²) in [4.78, 5) is 31.8. The highest BCUT2D eigenvalue weighted by Crippen LogP contribution is 2.29. The molecule has 0 radical (unpaired) electrons. The molecule has 6 rings (SSSR count). The molecule has 38 heavy (non-hydrogen) atoms. The van der Waals surface area contributed by atoms with Crippen LogP contribution in [0.4, 0.5) is 5.69 Å². The molecule has 1 aliphatic heterocycles. The quantitative estimate of drug-likeness (QED) is 0.361. The van der Waals surface area contributed by atoms with Crippen molar-refractivity contribution in [3.8, 4) is 5.82 Å². The monoisotopic (exact) mass is 506 g/mol. The average molecular weight is 507 g/mol. The van der Waals surface area contributed by atoms with Crippen molar-refractivity contribution in [1.82, 2.24) is 24.8 Å². The van der Waals surface area contributed by atoms with Crippen LogP contribution in [0.25, 0.3) is 16.8 Å². The maximum absolute atomic E-state index is 13.0. The van der Waals surface area contributed by atoms with E-state index in [0.717, 1.165) is 23.9 Å². The van der Waals surface area contributed by atoms with Gasteiger partial charge in [0.25, 0.3) is 5.91 Å². The fraction of sp³-hybridized carbons (Fsp3) is 0.207. The van der Waals surface area contributed by atoms with Crippen LogP contribution in [0.1, 0.15) is 40.4 Å². The Hall–Kier alpha value is -4.79. The molecule has 3 aromatic heterocycles. The molecule has 4 heterocycles. The Bertz CT molecular complexity index is 1550. The summed E-state index contributed by atoms with van der Waals surface area (Å²) in [6.45, 7) is 1.38. The van der Waals surface area contributed by atoms with E-state index in [1.165, 1.54) is 5.56 Å². The number of piperidine rings is 1. The van der Waals surface area contributed by atoms with Crippen LogP contribution in [0.15, 0.2) is 89.8 Å². The molecule has 9 nitrogen and oxygen atoms in total. The van der Waals surface area contributed by atoms with E-state index in [0.29, 0.717) is 41.7 Å². The lowest BCUT2D eigenvalue weighted by atomic mass is 9.89. The van der Waals surface area contributed by atoms with Gasteiger partial charge in [0.05, 0.1) is 12.0 Å². The summed E-state index contributed by atoms with van der Waals surface area (Å²) in [5.41, 5.74) is 3.83. The third-order valence-corrected chi connectivity index (χ3v) is 6.96. The van der Waals surface area contributed by atoms with E-state index >= 15 is 0 Å². The Morgan fingerprint density at radius 1 is 0.974 bits per heavy atom. The van der Waals surface area contributed by atoms with Crippen LogP contribution >= 0.6 is 0 Å². The van der Waals surface area contributed by atoms with Crippen LogP contribution in [0.2, 0.25) is 0 Å². The first-order valence-corrected chi connectivity index (χ1v) is 12.6. The number of pyridine rings is 1. The Morgan fingerprint density at radius 3 is 2.53 bits per heavy atom. The lowest BCUT2D eigenvalue weighted by molar-refractivity contribution is -0.115. The van der Waals surface area contributed by atoms with Crippen LogP contribution in [0, 0.1) is 0 Å². The van der Waals surface area contributed by atoms with Crippen molar-refractivity contribution in [1.29, 1.82) is 0 Å². The third kappa shape index (κ3) is 4.90. The molecule has 2 aromatic carbocycles. The second-order valence-electron chi connectivity index (χ2n) is 9.39. The SMILES string of the molecule is O=C(Cc1noc2ccccc12)Nc1ccc(C2CCN(C(=O)c3ccc(-n4cccn4)nc3)CC2)cc1.